The SMILES string of the molecule is Nc1c(Cl)c(Cl)nc(C(=O)NN=C2CCCCCCC2)c1Cl. The second-order valence-corrected chi connectivity index (χ2v) is 6.29. The zero-order valence-electron chi connectivity index (χ0n) is 12.0. The molecule has 3 N–H and O–H groups in total. The number of carbonyl (C=O) groups is 1. The highest BCUT2D eigenvalue weighted by atomic mass is 35.5. The molecule has 1 heterocycles. The summed E-state index contributed by atoms with van der Waals surface area (Å²) in [7, 11) is 0. The lowest BCUT2D eigenvalue weighted by molar-refractivity contribution is 0.0950. The van der Waals surface area contributed by atoms with Crippen molar-refractivity contribution in [2.45, 2.75) is 44.9 Å². The van der Waals surface area contributed by atoms with Gasteiger partial charge in [-0.3, -0.25) is 4.79 Å². The van der Waals surface area contributed by atoms with E-state index in [4.69, 9.17) is 40.5 Å². The highest BCUT2D eigenvalue weighted by molar-refractivity contribution is 6.46. The van der Waals surface area contributed by atoms with Crippen LogP contribution in [0.5, 0.6) is 0 Å². The van der Waals surface area contributed by atoms with E-state index in [1.54, 1.807) is 0 Å². The summed E-state index contributed by atoms with van der Waals surface area (Å²) < 4.78 is 0. The maximum Gasteiger partial charge on any atom is 0.291 e. The summed E-state index contributed by atoms with van der Waals surface area (Å²) in [4.78, 5) is 16.0. The Bertz CT molecular complexity index is 594. The third kappa shape index (κ3) is 4.24. The van der Waals surface area contributed by atoms with Crippen LogP contribution in [-0.2, 0) is 0 Å². The second kappa shape index (κ2) is 7.99. The van der Waals surface area contributed by atoms with Gasteiger partial charge in [0.1, 0.15) is 5.02 Å². The van der Waals surface area contributed by atoms with Crippen LogP contribution in [0.3, 0.4) is 0 Å². The molecular weight excluding hydrogens is 347 g/mol. The number of halogens is 3. The van der Waals surface area contributed by atoms with Gasteiger partial charge in [-0.25, -0.2) is 10.4 Å². The predicted octanol–water partition coefficient (Wildman–Crippen LogP) is 4.45. The molecule has 0 radical (unpaired) electrons. The molecule has 0 unspecified atom stereocenters. The maximum atomic E-state index is 12.2. The molecule has 0 atom stereocenters. The lowest BCUT2D eigenvalue weighted by Crippen LogP contribution is -2.22. The van der Waals surface area contributed by atoms with Gasteiger partial charge in [-0.15, -0.1) is 0 Å². The number of hydrazone groups is 1. The van der Waals surface area contributed by atoms with Crippen molar-refractivity contribution in [3.8, 4) is 0 Å². The molecule has 0 aromatic carbocycles. The molecule has 1 amide bonds. The first-order valence-electron chi connectivity index (χ1n) is 7.16. The van der Waals surface area contributed by atoms with Crippen LogP contribution in [-0.4, -0.2) is 16.6 Å². The molecular formula is C14H17Cl3N4O. The van der Waals surface area contributed by atoms with E-state index >= 15 is 0 Å². The molecule has 1 aromatic rings. The van der Waals surface area contributed by atoms with Crippen molar-refractivity contribution in [2.24, 2.45) is 5.10 Å². The van der Waals surface area contributed by atoms with Gasteiger partial charge in [0.15, 0.2) is 10.8 Å². The molecule has 5 nitrogen and oxygen atoms in total. The van der Waals surface area contributed by atoms with Crippen LogP contribution < -0.4 is 11.2 Å². The number of nitrogens with two attached hydrogens (primary N) is 1. The number of nitrogens with one attached hydrogen (secondary N) is 1. The Balaban J connectivity index is 2.12. The number of anilines is 1. The molecule has 1 aliphatic carbocycles. The predicted molar refractivity (Wildman–Crippen MR) is 90.9 cm³/mol. The third-order valence-electron chi connectivity index (χ3n) is 3.53. The number of pyridine rings is 1. The molecule has 1 aromatic heterocycles. The first-order valence-corrected chi connectivity index (χ1v) is 8.30. The van der Waals surface area contributed by atoms with Crippen molar-refractivity contribution >= 4 is 52.1 Å². The number of rotatable bonds is 2. The largest absolute Gasteiger partial charge is 0.396 e. The van der Waals surface area contributed by atoms with Crippen molar-refractivity contribution < 1.29 is 4.79 Å². The second-order valence-electron chi connectivity index (χ2n) is 5.18. The first-order chi connectivity index (χ1) is 10.5. The summed E-state index contributed by atoms with van der Waals surface area (Å²) in [6.07, 6.45) is 7.63. The Kier molecular flexibility index (Phi) is 6.29. The highest BCUT2D eigenvalue weighted by Gasteiger charge is 2.19. The Labute approximate surface area is 144 Å². The third-order valence-corrected chi connectivity index (χ3v) is 4.67. The Hall–Kier alpha value is -1.04. The summed E-state index contributed by atoms with van der Waals surface area (Å²) >= 11 is 17.6. The number of aromatic nitrogens is 1. The van der Waals surface area contributed by atoms with Crippen LogP contribution >= 0.6 is 34.8 Å². The Morgan fingerprint density at radius 2 is 1.64 bits per heavy atom. The number of hydrogen-bond acceptors (Lipinski definition) is 4. The summed E-state index contributed by atoms with van der Waals surface area (Å²) in [5.74, 6) is -0.551. The fourth-order valence-electron chi connectivity index (χ4n) is 2.29. The fraction of sp³-hybridized carbons (Fsp3) is 0.500. The molecule has 22 heavy (non-hydrogen) atoms. The van der Waals surface area contributed by atoms with Gasteiger partial charge in [-0.1, -0.05) is 54.1 Å². The van der Waals surface area contributed by atoms with Crippen molar-refractivity contribution in [1.29, 1.82) is 0 Å². The molecule has 0 saturated heterocycles. The first kappa shape index (κ1) is 17.3. The van der Waals surface area contributed by atoms with E-state index in [1.807, 2.05) is 0 Å². The average Bonchev–Trinajstić information content (AvgIpc) is 2.47. The van der Waals surface area contributed by atoms with Crippen LogP contribution in [0.2, 0.25) is 15.2 Å². The normalized spacial score (nSPS) is 15.9. The van der Waals surface area contributed by atoms with E-state index in [2.05, 4.69) is 15.5 Å². The minimum atomic E-state index is -0.551. The summed E-state index contributed by atoms with van der Waals surface area (Å²) in [6.45, 7) is 0. The lowest BCUT2D eigenvalue weighted by Gasteiger charge is -2.11. The highest BCUT2D eigenvalue weighted by Crippen LogP contribution is 2.34. The van der Waals surface area contributed by atoms with Gasteiger partial charge in [0.25, 0.3) is 5.91 Å². The Morgan fingerprint density at radius 1 is 1.05 bits per heavy atom. The van der Waals surface area contributed by atoms with E-state index in [9.17, 15) is 4.79 Å². The van der Waals surface area contributed by atoms with Crippen LogP contribution in [0.25, 0.3) is 0 Å². The van der Waals surface area contributed by atoms with Crippen molar-refractivity contribution in [1.82, 2.24) is 10.4 Å². The molecule has 0 bridgehead atoms. The summed E-state index contributed by atoms with van der Waals surface area (Å²) in [6, 6.07) is 0. The number of nitrogens with zero attached hydrogens (tertiary/aromatic N) is 2. The molecule has 2 rings (SSSR count). The maximum absolute atomic E-state index is 12.2. The van der Waals surface area contributed by atoms with Gasteiger partial charge in [0, 0.05) is 5.71 Å². The quantitative estimate of drug-likeness (QED) is 0.601. The smallest absolute Gasteiger partial charge is 0.291 e. The topological polar surface area (TPSA) is 80.4 Å². The molecule has 0 aliphatic heterocycles. The van der Waals surface area contributed by atoms with Gasteiger partial charge in [0.05, 0.1) is 10.7 Å². The van der Waals surface area contributed by atoms with Gasteiger partial charge >= 0.3 is 0 Å². The van der Waals surface area contributed by atoms with Crippen LogP contribution in [0.1, 0.15) is 55.4 Å². The number of hydrogen-bond donors (Lipinski definition) is 2. The molecule has 1 saturated carbocycles. The van der Waals surface area contributed by atoms with Crippen LogP contribution in [0.4, 0.5) is 5.69 Å². The van der Waals surface area contributed by atoms with Crippen LogP contribution in [0, 0.1) is 0 Å². The molecule has 1 fully saturated rings. The fourth-order valence-corrected chi connectivity index (χ4v) is 2.88. The molecule has 0 spiro atoms. The van der Waals surface area contributed by atoms with Crippen molar-refractivity contribution in [3.63, 3.8) is 0 Å². The number of amides is 1. The van der Waals surface area contributed by atoms with Gasteiger partial charge in [0.2, 0.25) is 0 Å². The van der Waals surface area contributed by atoms with Gasteiger partial charge < -0.3 is 5.73 Å². The Morgan fingerprint density at radius 3 is 2.27 bits per heavy atom. The van der Waals surface area contributed by atoms with E-state index in [0.29, 0.717) is 0 Å². The lowest BCUT2D eigenvalue weighted by atomic mass is 9.99. The van der Waals surface area contributed by atoms with Crippen molar-refractivity contribution in [3.05, 3.63) is 20.9 Å². The molecule has 8 heteroatoms. The van der Waals surface area contributed by atoms with E-state index in [-0.39, 0.29) is 26.6 Å². The summed E-state index contributed by atoms with van der Waals surface area (Å²) in [5, 5.41) is 4.14. The van der Waals surface area contributed by atoms with Gasteiger partial charge in [-0.05, 0) is 25.7 Å². The molecule has 1 aliphatic rings. The average molecular weight is 364 g/mol. The van der Waals surface area contributed by atoms with E-state index < -0.39 is 5.91 Å². The molecule has 120 valence electrons. The minimum absolute atomic E-state index is 0.0234. The number of nitrogen functional groups attached to an aromatic ring is 1. The van der Waals surface area contributed by atoms with Crippen molar-refractivity contribution in [2.75, 3.05) is 5.73 Å². The van der Waals surface area contributed by atoms with E-state index in [1.165, 1.54) is 19.3 Å². The monoisotopic (exact) mass is 362 g/mol. The number of carbonyl (C=O) groups excluding carboxylic acids is 1. The van der Waals surface area contributed by atoms with Crippen LogP contribution in [0.15, 0.2) is 5.10 Å². The zero-order chi connectivity index (χ0) is 16.1. The zero-order valence-corrected chi connectivity index (χ0v) is 14.2. The minimum Gasteiger partial charge on any atom is -0.396 e. The summed E-state index contributed by atoms with van der Waals surface area (Å²) in [5.41, 5.74) is 9.11. The van der Waals surface area contributed by atoms with Gasteiger partial charge in [-0.2, -0.15) is 5.10 Å². The van der Waals surface area contributed by atoms with E-state index in [0.717, 1.165) is 31.4 Å². The standard InChI is InChI=1S/C14H17Cl3N4O/c15-9-11(18)10(16)13(17)19-12(9)14(22)21-20-8-6-4-2-1-3-5-7-8/h1-7H2,(H2,18,19)(H,21,22).